The van der Waals surface area contributed by atoms with Crippen molar-refractivity contribution in [3.05, 3.63) is 24.3 Å². The smallest absolute Gasteiger partial charge is 0.250 e. The molecule has 1 saturated heterocycles. The molecule has 1 aliphatic heterocycles. The van der Waals surface area contributed by atoms with Crippen LogP contribution in [-0.4, -0.2) is 37.0 Å². The second kappa shape index (κ2) is 6.16. The third-order valence-corrected chi connectivity index (χ3v) is 3.99. The highest BCUT2D eigenvalue weighted by atomic mass is 16.2. The predicted molar refractivity (Wildman–Crippen MR) is 84.6 cm³/mol. The Bertz CT molecular complexity index is 523. The Kier molecular flexibility index (Phi) is 4.50. The van der Waals surface area contributed by atoms with E-state index in [9.17, 15) is 9.59 Å². The number of benzene rings is 1. The average Bonchev–Trinajstić information content (AvgIpc) is 2.48. The summed E-state index contributed by atoms with van der Waals surface area (Å²) < 4.78 is 0. The van der Waals surface area contributed by atoms with Crippen molar-refractivity contribution in [3.63, 3.8) is 0 Å². The van der Waals surface area contributed by atoms with Gasteiger partial charge in [0.1, 0.15) is 12.1 Å². The van der Waals surface area contributed by atoms with Crippen LogP contribution in [0.2, 0.25) is 0 Å². The Labute approximate surface area is 125 Å². The summed E-state index contributed by atoms with van der Waals surface area (Å²) >= 11 is 0. The molecule has 2 amide bonds. The molecule has 0 bridgehead atoms. The maximum Gasteiger partial charge on any atom is 0.250 e. The third kappa shape index (κ3) is 2.86. The molecule has 114 valence electrons. The predicted octanol–water partition coefficient (Wildman–Crippen LogP) is 1.77. The highest BCUT2D eigenvalue weighted by Crippen LogP contribution is 2.24. The molecule has 5 heteroatoms. The minimum atomic E-state index is -0.479. The molecule has 1 aromatic carbocycles. The summed E-state index contributed by atoms with van der Waals surface area (Å²) in [7, 11) is 0. The van der Waals surface area contributed by atoms with E-state index in [1.807, 2.05) is 24.3 Å². The minimum absolute atomic E-state index is 0.0716. The van der Waals surface area contributed by atoms with Gasteiger partial charge in [-0.1, -0.05) is 0 Å². The molecular formula is C16H23N3O2. The third-order valence-electron chi connectivity index (χ3n) is 3.99. The van der Waals surface area contributed by atoms with E-state index in [-0.39, 0.29) is 11.8 Å². The fourth-order valence-electron chi connectivity index (χ4n) is 2.68. The van der Waals surface area contributed by atoms with Gasteiger partial charge in [0.05, 0.1) is 0 Å². The van der Waals surface area contributed by atoms with Crippen LogP contribution in [0.5, 0.6) is 0 Å². The first kappa shape index (κ1) is 15.4. The van der Waals surface area contributed by atoms with Crippen LogP contribution in [0.4, 0.5) is 11.4 Å². The first-order chi connectivity index (χ1) is 9.99. The second-order valence-electron chi connectivity index (χ2n) is 5.30. The lowest BCUT2D eigenvalue weighted by Gasteiger charge is -2.36. The monoisotopic (exact) mass is 289 g/mol. The van der Waals surface area contributed by atoms with Crippen molar-refractivity contribution >= 4 is 23.2 Å². The lowest BCUT2D eigenvalue weighted by atomic mass is 10.1. The zero-order valence-corrected chi connectivity index (χ0v) is 13.1. The van der Waals surface area contributed by atoms with E-state index in [0.29, 0.717) is 0 Å². The van der Waals surface area contributed by atoms with Crippen LogP contribution >= 0.6 is 0 Å². The minimum Gasteiger partial charge on any atom is -0.372 e. The molecule has 1 N–H and O–H groups in total. The molecule has 0 aliphatic carbocycles. The molecule has 21 heavy (non-hydrogen) atoms. The van der Waals surface area contributed by atoms with Crippen LogP contribution in [0, 0.1) is 0 Å². The van der Waals surface area contributed by atoms with Crippen molar-refractivity contribution in [1.29, 1.82) is 0 Å². The maximum absolute atomic E-state index is 12.3. The zero-order chi connectivity index (χ0) is 15.6. The van der Waals surface area contributed by atoms with E-state index in [2.05, 4.69) is 24.1 Å². The van der Waals surface area contributed by atoms with Crippen LogP contribution in [0.3, 0.4) is 0 Å². The Hall–Kier alpha value is -2.04. The molecule has 1 fully saturated rings. The zero-order valence-electron chi connectivity index (χ0n) is 13.1. The molecule has 0 saturated carbocycles. The molecule has 0 aromatic heterocycles. The normalized spacial score (nSPS) is 22.2. The highest BCUT2D eigenvalue weighted by molar-refractivity contribution is 6.08. The van der Waals surface area contributed by atoms with Gasteiger partial charge in [0.15, 0.2) is 0 Å². The number of carbonyl (C=O) groups excluding carboxylic acids is 2. The Morgan fingerprint density at radius 2 is 1.67 bits per heavy atom. The summed E-state index contributed by atoms with van der Waals surface area (Å²) in [6.07, 6.45) is 0. The van der Waals surface area contributed by atoms with Crippen molar-refractivity contribution in [1.82, 2.24) is 5.32 Å². The largest absolute Gasteiger partial charge is 0.372 e. The van der Waals surface area contributed by atoms with Crippen LogP contribution < -0.4 is 15.1 Å². The number of amides is 2. The number of rotatable bonds is 4. The summed E-state index contributed by atoms with van der Waals surface area (Å²) in [5.41, 5.74) is 1.89. The lowest BCUT2D eigenvalue weighted by Crippen LogP contribution is -2.61. The molecule has 2 unspecified atom stereocenters. The molecule has 2 atom stereocenters. The van der Waals surface area contributed by atoms with Gasteiger partial charge in [-0.3, -0.25) is 14.5 Å². The van der Waals surface area contributed by atoms with E-state index in [0.717, 1.165) is 24.5 Å². The summed E-state index contributed by atoms with van der Waals surface area (Å²) in [6.45, 7) is 9.56. The SMILES string of the molecule is CCN(CC)c1ccc(N2C(=O)C(C)NC(=O)C2C)cc1. The lowest BCUT2D eigenvalue weighted by molar-refractivity contribution is -0.133. The molecule has 1 aliphatic rings. The average molecular weight is 289 g/mol. The van der Waals surface area contributed by atoms with Gasteiger partial charge in [-0.05, 0) is 52.0 Å². The Morgan fingerprint density at radius 3 is 2.19 bits per heavy atom. The van der Waals surface area contributed by atoms with E-state index < -0.39 is 12.1 Å². The Morgan fingerprint density at radius 1 is 1.10 bits per heavy atom. The number of anilines is 2. The van der Waals surface area contributed by atoms with Gasteiger partial charge < -0.3 is 10.2 Å². The van der Waals surface area contributed by atoms with Gasteiger partial charge in [0, 0.05) is 24.5 Å². The molecule has 5 nitrogen and oxygen atoms in total. The van der Waals surface area contributed by atoms with Gasteiger partial charge in [-0.2, -0.15) is 0 Å². The van der Waals surface area contributed by atoms with Crippen molar-refractivity contribution in [2.75, 3.05) is 22.9 Å². The van der Waals surface area contributed by atoms with Crippen LogP contribution in [0.25, 0.3) is 0 Å². The van der Waals surface area contributed by atoms with Crippen LogP contribution in [0.1, 0.15) is 27.7 Å². The fourth-order valence-corrected chi connectivity index (χ4v) is 2.68. The maximum atomic E-state index is 12.3. The molecule has 2 rings (SSSR count). The van der Waals surface area contributed by atoms with Gasteiger partial charge in [-0.25, -0.2) is 0 Å². The van der Waals surface area contributed by atoms with Gasteiger partial charge in [0.2, 0.25) is 11.8 Å². The number of piperazine rings is 1. The van der Waals surface area contributed by atoms with Gasteiger partial charge in [-0.15, -0.1) is 0 Å². The van der Waals surface area contributed by atoms with Crippen LogP contribution in [0.15, 0.2) is 24.3 Å². The van der Waals surface area contributed by atoms with Crippen molar-refractivity contribution in [3.8, 4) is 0 Å². The van der Waals surface area contributed by atoms with Crippen molar-refractivity contribution < 1.29 is 9.59 Å². The summed E-state index contributed by atoms with van der Waals surface area (Å²) in [6, 6.07) is 6.86. The van der Waals surface area contributed by atoms with Gasteiger partial charge >= 0.3 is 0 Å². The van der Waals surface area contributed by atoms with Crippen LogP contribution in [-0.2, 0) is 9.59 Å². The summed E-state index contributed by atoms with van der Waals surface area (Å²) in [5, 5.41) is 2.69. The quantitative estimate of drug-likeness (QED) is 0.919. The fraction of sp³-hybridized carbons (Fsp3) is 0.500. The summed E-state index contributed by atoms with van der Waals surface area (Å²) in [5.74, 6) is -0.187. The van der Waals surface area contributed by atoms with Crippen molar-refractivity contribution in [2.45, 2.75) is 39.8 Å². The van der Waals surface area contributed by atoms with Gasteiger partial charge in [0.25, 0.3) is 0 Å². The molecule has 1 heterocycles. The number of hydrogen-bond acceptors (Lipinski definition) is 3. The highest BCUT2D eigenvalue weighted by Gasteiger charge is 2.36. The first-order valence-electron chi connectivity index (χ1n) is 7.48. The summed E-state index contributed by atoms with van der Waals surface area (Å²) in [4.78, 5) is 28.0. The second-order valence-corrected chi connectivity index (χ2v) is 5.30. The molecule has 0 spiro atoms. The molecular weight excluding hydrogens is 266 g/mol. The number of nitrogens with one attached hydrogen (secondary N) is 1. The number of nitrogens with zero attached hydrogens (tertiary/aromatic N) is 2. The topological polar surface area (TPSA) is 52.6 Å². The number of carbonyl (C=O) groups is 2. The Balaban J connectivity index is 2.28. The van der Waals surface area contributed by atoms with E-state index in [4.69, 9.17) is 0 Å². The molecule has 1 aromatic rings. The molecule has 0 radical (unpaired) electrons. The van der Waals surface area contributed by atoms with E-state index in [1.54, 1.807) is 18.7 Å². The van der Waals surface area contributed by atoms with Crippen molar-refractivity contribution in [2.24, 2.45) is 0 Å². The van der Waals surface area contributed by atoms with E-state index in [1.165, 1.54) is 0 Å². The first-order valence-corrected chi connectivity index (χ1v) is 7.48. The standard InChI is InChI=1S/C16H23N3O2/c1-5-18(6-2)13-7-9-14(10-8-13)19-12(4)15(20)17-11(3)16(19)21/h7-12H,5-6H2,1-4H3,(H,17,20). The van der Waals surface area contributed by atoms with E-state index >= 15 is 0 Å². The number of hydrogen-bond donors (Lipinski definition) is 1.